The van der Waals surface area contributed by atoms with Crippen LogP contribution >= 0.6 is 11.6 Å². The maximum Gasteiger partial charge on any atom is 0.224 e. The summed E-state index contributed by atoms with van der Waals surface area (Å²) in [6, 6.07) is 0. The normalized spacial score (nSPS) is 9.58. The maximum absolute atomic E-state index is 5.66. The third-order valence-corrected chi connectivity index (χ3v) is 1.72. The van der Waals surface area contributed by atoms with E-state index in [0.29, 0.717) is 5.82 Å². The molecule has 1 aromatic heterocycles. The summed E-state index contributed by atoms with van der Waals surface area (Å²) < 4.78 is 0. The van der Waals surface area contributed by atoms with Gasteiger partial charge in [-0.05, 0) is 18.5 Å². The van der Waals surface area contributed by atoms with Crippen molar-refractivity contribution in [1.82, 2.24) is 9.97 Å². The molecule has 12 heavy (non-hydrogen) atoms. The van der Waals surface area contributed by atoms with Crippen LogP contribution in [0.3, 0.4) is 0 Å². The van der Waals surface area contributed by atoms with E-state index >= 15 is 0 Å². The van der Waals surface area contributed by atoms with E-state index in [1.54, 1.807) is 13.1 Å². The molecule has 1 rings (SSSR count). The van der Waals surface area contributed by atoms with Gasteiger partial charge >= 0.3 is 0 Å². The molecular formula is C8H10ClN3. The number of rotatable bonds is 2. The van der Waals surface area contributed by atoms with Gasteiger partial charge in [-0.2, -0.15) is 0 Å². The van der Waals surface area contributed by atoms with Crippen molar-refractivity contribution in [2.45, 2.75) is 6.92 Å². The topological polar surface area (TPSA) is 37.8 Å². The average Bonchev–Trinajstić information content (AvgIpc) is 2.03. The fraction of sp³-hybridized carbons (Fsp3) is 0.250. The van der Waals surface area contributed by atoms with Crippen molar-refractivity contribution in [1.29, 1.82) is 0 Å². The number of aromatic nitrogens is 2. The number of halogens is 1. The van der Waals surface area contributed by atoms with E-state index in [0.717, 1.165) is 11.3 Å². The van der Waals surface area contributed by atoms with E-state index in [4.69, 9.17) is 11.6 Å². The largest absolute Gasteiger partial charge is 0.372 e. The molecule has 0 fully saturated rings. The van der Waals surface area contributed by atoms with E-state index in [1.807, 2.05) is 6.92 Å². The molecule has 0 saturated carbocycles. The Morgan fingerprint density at radius 2 is 2.17 bits per heavy atom. The summed E-state index contributed by atoms with van der Waals surface area (Å²) in [4.78, 5) is 7.99. The molecule has 0 atom stereocenters. The summed E-state index contributed by atoms with van der Waals surface area (Å²) in [6.07, 6.45) is 1.71. The first kappa shape index (κ1) is 9.00. The van der Waals surface area contributed by atoms with Gasteiger partial charge in [0.25, 0.3) is 0 Å². The summed E-state index contributed by atoms with van der Waals surface area (Å²) in [5, 5.41) is 3.17. The quantitative estimate of drug-likeness (QED) is 0.714. The Balaban J connectivity index is 3.33. The Bertz CT molecular complexity index is 309. The molecule has 0 amide bonds. The van der Waals surface area contributed by atoms with Crippen LogP contribution in [0.15, 0.2) is 6.58 Å². The molecule has 1 aromatic rings. The van der Waals surface area contributed by atoms with Crippen LogP contribution in [0.1, 0.15) is 11.3 Å². The zero-order valence-electron chi connectivity index (χ0n) is 7.06. The molecule has 0 saturated heterocycles. The molecule has 0 aliphatic heterocycles. The van der Waals surface area contributed by atoms with Crippen molar-refractivity contribution in [3.8, 4) is 0 Å². The van der Waals surface area contributed by atoms with Crippen molar-refractivity contribution >= 4 is 23.5 Å². The summed E-state index contributed by atoms with van der Waals surface area (Å²) in [6.45, 7) is 5.53. The lowest BCUT2D eigenvalue weighted by Gasteiger charge is -2.06. The minimum Gasteiger partial charge on any atom is -0.372 e. The fourth-order valence-electron chi connectivity index (χ4n) is 0.982. The molecule has 0 aliphatic rings. The van der Waals surface area contributed by atoms with Crippen molar-refractivity contribution in [3.05, 3.63) is 23.1 Å². The molecule has 0 aliphatic carbocycles. The molecule has 0 unspecified atom stereocenters. The molecule has 4 heteroatoms. The smallest absolute Gasteiger partial charge is 0.224 e. The van der Waals surface area contributed by atoms with Gasteiger partial charge in [-0.3, -0.25) is 0 Å². The summed E-state index contributed by atoms with van der Waals surface area (Å²) in [5.41, 5.74) is 1.72. The van der Waals surface area contributed by atoms with Gasteiger partial charge in [-0.15, -0.1) is 0 Å². The van der Waals surface area contributed by atoms with Crippen LogP contribution < -0.4 is 5.32 Å². The van der Waals surface area contributed by atoms with Gasteiger partial charge in [-0.1, -0.05) is 12.7 Å². The van der Waals surface area contributed by atoms with Crippen molar-refractivity contribution in [3.63, 3.8) is 0 Å². The zero-order valence-corrected chi connectivity index (χ0v) is 7.81. The number of nitrogens with one attached hydrogen (secondary N) is 1. The molecule has 1 N–H and O–H groups in total. The second-order valence-electron chi connectivity index (χ2n) is 2.29. The molecule has 0 spiro atoms. The third kappa shape index (κ3) is 1.56. The monoisotopic (exact) mass is 183 g/mol. The highest BCUT2D eigenvalue weighted by Crippen LogP contribution is 2.18. The number of aryl methyl sites for hydroxylation is 1. The predicted molar refractivity (Wildman–Crippen MR) is 51.4 cm³/mol. The second kappa shape index (κ2) is 3.54. The third-order valence-electron chi connectivity index (χ3n) is 1.55. The highest BCUT2D eigenvalue weighted by molar-refractivity contribution is 6.28. The molecule has 3 nitrogen and oxygen atoms in total. The van der Waals surface area contributed by atoms with E-state index in [1.165, 1.54) is 0 Å². The van der Waals surface area contributed by atoms with Crippen LogP contribution in [-0.4, -0.2) is 17.0 Å². The summed E-state index contributed by atoms with van der Waals surface area (Å²) in [5.74, 6) is 0.711. The Morgan fingerprint density at radius 3 is 2.67 bits per heavy atom. The van der Waals surface area contributed by atoms with E-state index in [2.05, 4.69) is 21.9 Å². The number of nitrogens with zero attached hydrogens (tertiary/aromatic N) is 2. The molecular weight excluding hydrogens is 174 g/mol. The molecule has 0 aromatic carbocycles. The summed E-state index contributed by atoms with van der Waals surface area (Å²) >= 11 is 5.66. The first-order valence-corrected chi connectivity index (χ1v) is 3.91. The second-order valence-corrected chi connectivity index (χ2v) is 2.63. The summed E-state index contributed by atoms with van der Waals surface area (Å²) in [7, 11) is 1.78. The van der Waals surface area contributed by atoms with E-state index in [9.17, 15) is 0 Å². The molecule has 0 radical (unpaired) electrons. The van der Waals surface area contributed by atoms with Crippen LogP contribution in [0.4, 0.5) is 5.82 Å². The predicted octanol–water partition coefficient (Wildman–Crippen LogP) is 2.12. The maximum atomic E-state index is 5.66. The van der Waals surface area contributed by atoms with Gasteiger partial charge in [-0.25, -0.2) is 9.97 Å². The van der Waals surface area contributed by atoms with Crippen molar-refractivity contribution in [2.24, 2.45) is 0 Å². The fourth-order valence-corrected chi connectivity index (χ4v) is 1.19. The molecule has 64 valence electrons. The van der Waals surface area contributed by atoms with Gasteiger partial charge in [0.15, 0.2) is 0 Å². The Morgan fingerprint density at radius 1 is 1.50 bits per heavy atom. The lowest BCUT2D eigenvalue weighted by Crippen LogP contribution is -2.00. The van der Waals surface area contributed by atoms with Gasteiger partial charge in [0.2, 0.25) is 5.28 Å². The lowest BCUT2D eigenvalue weighted by molar-refractivity contribution is 1.09. The van der Waals surface area contributed by atoms with Gasteiger partial charge < -0.3 is 5.32 Å². The lowest BCUT2D eigenvalue weighted by atomic mass is 10.2. The highest BCUT2D eigenvalue weighted by atomic mass is 35.5. The molecule has 1 heterocycles. The van der Waals surface area contributed by atoms with E-state index in [-0.39, 0.29) is 5.28 Å². The van der Waals surface area contributed by atoms with Crippen LogP contribution in [0.2, 0.25) is 5.28 Å². The first-order valence-electron chi connectivity index (χ1n) is 3.53. The van der Waals surface area contributed by atoms with Crippen molar-refractivity contribution in [2.75, 3.05) is 12.4 Å². The van der Waals surface area contributed by atoms with Gasteiger partial charge in [0.05, 0.1) is 5.69 Å². The number of hydrogen-bond donors (Lipinski definition) is 1. The Hall–Kier alpha value is -1.09. The van der Waals surface area contributed by atoms with Crippen molar-refractivity contribution < 1.29 is 0 Å². The van der Waals surface area contributed by atoms with E-state index < -0.39 is 0 Å². The number of anilines is 1. The van der Waals surface area contributed by atoms with Gasteiger partial charge in [0.1, 0.15) is 5.82 Å². The Labute approximate surface area is 76.5 Å². The zero-order chi connectivity index (χ0) is 9.14. The standard InChI is InChI=1S/C8H10ClN3/c1-4-6-5(2)11-8(9)12-7(6)10-3/h4H,1H2,2-3H3,(H,10,11,12). The van der Waals surface area contributed by atoms with Crippen LogP contribution in [0.5, 0.6) is 0 Å². The van der Waals surface area contributed by atoms with Crippen LogP contribution in [0.25, 0.3) is 6.08 Å². The minimum atomic E-state index is 0.252. The average molecular weight is 184 g/mol. The Kier molecular flexibility index (Phi) is 2.65. The SMILES string of the molecule is C=Cc1c(C)nc(Cl)nc1NC. The number of hydrogen-bond acceptors (Lipinski definition) is 3. The van der Waals surface area contributed by atoms with Crippen LogP contribution in [0, 0.1) is 6.92 Å². The van der Waals surface area contributed by atoms with Gasteiger partial charge in [0, 0.05) is 12.6 Å². The molecule has 0 bridgehead atoms. The first-order chi connectivity index (χ1) is 5.69. The van der Waals surface area contributed by atoms with Crippen LogP contribution in [-0.2, 0) is 0 Å². The minimum absolute atomic E-state index is 0.252. The highest BCUT2D eigenvalue weighted by Gasteiger charge is 2.05.